The van der Waals surface area contributed by atoms with Crippen LogP contribution in [0, 0.1) is 0 Å². The number of carbonyl (C=O) groups is 1. The minimum Gasteiger partial charge on any atom is -0.350 e. The highest BCUT2D eigenvalue weighted by Crippen LogP contribution is 2.16. The predicted molar refractivity (Wildman–Crippen MR) is 113 cm³/mol. The van der Waals surface area contributed by atoms with Gasteiger partial charge in [0.05, 0.1) is 28.3 Å². The number of fused-ring (bicyclic) bond motifs is 2. The van der Waals surface area contributed by atoms with Gasteiger partial charge >= 0.3 is 0 Å². The number of amides is 1. The summed E-state index contributed by atoms with van der Waals surface area (Å²) in [5, 5.41) is 7.89. The van der Waals surface area contributed by atoms with Crippen molar-refractivity contribution in [3.63, 3.8) is 0 Å². The van der Waals surface area contributed by atoms with Crippen molar-refractivity contribution in [3.05, 3.63) is 69.7 Å². The lowest BCUT2D eigenvalue weighted by molar-refractivity contribution is 0.0944. The zero-order valence-electron chi connectivity index (χ0n) is 15.9. The van der Waals surface area contributed by atoms with Crippen LogP contribution < -0.4 is 10.7 Å². The van der Waals surface area contributed by atoms with Crippen molar-refractivity contribution in [2.75, 3.05) is 6.54 Å². The fourth-order valence-electron chi connectivity index (χ4n) is 3.38. The fraction of sp³-hybridized carbons (Fsp3) is 0.238. The summed E-state index contributed by atoms with van der Waals surface area (Å²) in [4.78, 5) is 29.7. The number of halogens is 1. The Bertz CT molecular complexity index is 1260. The smallest absolute Gasteiger partial charge is 0.275 e. The Kier molecular flexibility index (Phi) is 5.31. The van der Waals surface area contributed by atoms with Gasteiger partial charge in [-0.25, -0.2) is 4.98 Å². The third-order valence-electron chi connectivity index (χ3n) is 4.82. The Morgan fingerprint density at radius 2 is 2.00 bits per heavy atom. The number of hydrogen-bond donors (Lipinski definition) is 1. The number of nitrogens with one attached hydrogen (secondary N) is 1. The van der Waals surface area contributed by atoms with E-state index < -0.39 is 11.3 Å². The van der Waals surface area contributed by atoms with Crippen molar-refractivity contribution >= 4 is 39.4 Å². The third kappa shape index (κ3) is 3.73. The van der Waals surface area contributed by atoms with Crippen LogP contribution in [0.1, 0.15) is 23.8 Å². The summed E-state index contributed by atoms with van der Waals surface area (Å²) < 4.78 is 3.68. The summed E-state index contributed by atoms with van der Waals surface area (Å²) in [7, 11) is 0. The van der Waals surface area contributed by atoms with Gasteiger partial charge in [-0.3, -0.25) is 14.3 Å². The van der Waals surface area contributed by atoms with Gasteiger partial charge in [0.25, 0.3) is 5.91 Å². The molecule has 0 aliphatic carbocycles. The average Bonchev–Trinajstić information content (AvgIpc) is 3.15. The summed E-state index contributed by atoms with van der Waals surface area (Å²) in [6, 6.07) is 12.9. The summed E-state index contributed by atoms with van der Waals surface area (Å²) in [5.74, 6) is -0.477. The van der Waals surface area contributed by atoms with E-state index in [0.29, 0.717) is 42.0 Å². The molecule has 4 aromatic rings. The van der Waals surface area contributed by atoms with E-state index in [1.165, 1.54) is 0 Å². The molecule has 0 aliphatic rings. The van der Waals surface area contributed by atoms with Crippen LogP contribution in [0.25, 0.3) is 21.9 Å². The number of benzene rings is 2. The lowest BCUT2D eigenvalue weighted by atomic mass is 10.2. The molecule has 0 aliphatic heterocycles. The SMILES string of the molecule is CCn1nc(C(=O)NCCCn2cnc3ccccc32)c(=O)c2cc(Cl)ccc21. The fourth-order valence-corrected chi connectivity index (χ4v) is 3.55. The number of para-hydroxylation sites is 2. The maximum atomic E-state index is 12.7. The molecule has 0 fully saturated rings. The monoisotopic (exact) mass is 409 g/mol. The van der Waals surface area contributed by atoms with Crippen LogP contribution in [-0.4, -0.2) is 31.8 Å². The number of aromatic nitrogens is 4. The number of nitrogens with zero attached hydrogens (tertiary/aromatic N) is 4. The molecule has 148 valence electrons. The van der Waals surface area contributed by atoms with Crippen molar-refractivity contribution in [2.24, 2.45) is 0 Å². The number of aryl methyl sites for hydroxylation is 2. The molecule has 2 aromatic heterocycles. The highest BCUT2D eigenvalue weighted by Gasteiger charge is 2.17. The molecule has 7 nitrogen and oxygen atoms in total. The van der Waals surface area contributed by atoms with Crippen LogP contribution in [0.5, 0.6) is 0 Å². The number of hydrogen-bond acceptors (Lipinski definition) is 4. The van der Waals surface area contributed by atoms with Gasteiger partial charge < -0.3 is 9.88 Å². The van der Waals surface area contributed by atoms with Gasteiger partial charge in [0.1, 0.15) is 0 Å². The Labute approximate surface area is 171 Å². The molecule has 1 N–H and O–H groups in total. The molecule has 2 heterocycles. The highest BCUT2D eigenvalue weighted by molar-refractivity contribution is 6.31. The van der Waals surface area contributed by atoms with Crippen molar-refractivity contribution < 1.29 is 4.79 Å². The molecule has 0 saturated heterocycles. The first-order valence-corrected chi connectivity index (χ1v) is 9.84. The first kappa shape index (κ1) is 19.1. The van der Waals surface area contributed by atoms with Gasteiger partial charge in [0, 0.05) is 24.7 Å². The molecule has 0 unspecified atom stereocenters. The van der Waals surface area contributed by atoms with Gasteiger partial charge in [-0.15, -0.1) is 0 Å². The maximum absolute atomic E-state index is 12.7. The molecular formula is C21H20ClN5O2. The Hall–Kier alpha value is -3.19. The van der Waals surface area contributed by atoms with Crippen LogP contribution in [0.2, 0.25) is 5.02 Å². The second-order valence-electron chi connectivity index (χ2n) is 6.69. The lowest BCUT2D eigenvalue weighted by Crippen LogP contribution is -2.33. The van der Waals surface area contributed by atoms with Gasteiger partial charge in [-0.1, -0.05) is 23.7 Å². The third-order valence-corrected chi connectivity index (χ3v) is 5.06. The van der Waals surface area contributed by atoms with Crippen LogP contribution in [0.15, 0.2) is 53.6 Å². The Morgan fingerprint density at radius 1 is 1.17 bits per heavy atom. The predicted octanol–water partition coefficient (Wildman–Crippen LogP) is 3.24. The topological polar surface area (TPSA) is 81.8 Å². The van der Waals surface area contributed by atoms with Crippen LogP contribution in [0.4, 0.5) is 0 Å². The van der Waals surface area contributed by atoms with Gasteiger partial charge in [-0.2, -0.15) is 5.10 Å². The molecule has 0 bridgehead atoms. The summed E-state index contributed by atoms with van der Waals surface area (Å²) in [6.45, 7) is 3.57. The standard InChI is InChI=1S/C21H20ClN5O2/c1-2-27-17-9-8-14(22)12-15(17)20(28)19(25-27)21(29)23-10-5-11-26-13-24-16-6-3-4-7-18(16)26/h3-4,6-9,12-13H,2,5,10-11H2,1H3,(H,23,29). The molecule has 0 radical (unpaired) electrons. The van der Waals surface area contributed by atoms with Crippen LogP contribution >= 0.6 is 11.6 Å². The normalized spacial score (nSPS) is 11.2. The Balaban J connectivity index is 1.48. The molecule has 0 spiro atoms. The van der Waals surface area contributed by atoms with E-state index in [1.54, 1.807) is 29.2 Å². The first-order chi connectivity index (χ1) is 14.1. The summed E-state index contributed by atoms with van der Waals surface area (Å²) >= 11 is 6.03. The Morgan fingerprint density at radius 3 is 2.83 bits per heavy atom. The highest BCUT2D eigenvalue weighted by atomic mass is 35.5. The average molecular weight is 410 g/mol. The van der Waals surface area contributed by atoms with Crippen molar-refractivity contribution in [3.8, 4) is 0 Å². The molecule has 2 aromatic carbocycles. The quantitative estimate of drug-likeness (QED) is 0.495. The van der Waals surface area contributed by atoms with Gasteiger partial charge in [-0.05, 0) is 43.7 Å². The summed E-state index contributed by atoms with van der Waals surface area (Å²) in [6.07, 6.45) is 2.49. The molecule has 29 heavy (non-hydrogen) atoms. The first-order valence-electron chi connectivity index (χ1n) is 9.47. The number of imidazole rings is 1. The molecule has 0 saturated carbocycles. The number of carbonyl (C=O) groups excluding carboxylic acids is 1. The molecule has 1 amide bonds. The molecular weight excluding hydrogens is 390 g/mol. The van der Waals surface area contributed by atoms with E-state index in [0.717, 1.165) is 11.0 Å². The minimum absolute atomic E-state index is 0.116. The lowest BCUT2D eigenvalue weighted by Gasteiger charge is -2.11. The second-order valence-corrected chi connectivity index (χ2v) is 7.13. The zero-order valence-corrected chi connectivity index (χ0v) is 16.7. The maximum Gasteiger partial charge on any atom is 0.275 e. The van der Waals surface area contributed by atoms with E-state index in [1.807, 2.05) is 35.8 Å². The van der Waals surface area contributed by atoms with E-state index in [4.69, 9.17) is 11.6 Å². The largest absolute Gasteiger partial charge is 0.350 e. The van der Waals surface area contributed by atoms with Crippen LogP contribution in [-0.2, 0) is 13.1 Å². The van der Waals surface area contributed by atoms with Gasteiger partial charge in [0.15, 0.2) is 5.69 Å². The number of rotatable bonds is 6. The van der Waals surface area contributed by atoms with E-state index >= 15 is 0 Å². The molecule has 0 atom stereocenters. The minimum atomic E-state index is -0.477. The second kappa shape index (κ2) is 8.05. The van der Waals surface area contributed by atoms with Gasteiger partial charge in [0.2, 0.25) is 5.43 Å². The van der Waals surface area contributed by atoms with Crippen molar-refractivity contribution in [1.82, 2.24) is 24.6 Å². The molecule has 8 heteroatoms. The van der Waals surface area contributed by atoms with E-state index in [-0.39, 0.29) is 5.69 Å². The van der Waals surface area contributed by atoms with Crippen LogP contribution in [0.3, 0.4) is 0 Å². The van der Waals surface area contributed by atoms with E-state index in [2.05, 4.69) is 15.4 Å². The van der Waals surface area contributed by atoms with Crippen molar-refractivity contribution in [1.29, 1.82) is 0 Å². The zero-order chi connectivity index (χ0) is 20.4. The summed E-state index contributed by atoms with van der Waals surface area (Å²) in [5.41, 5.74) is 2.12. The van der Waals surface area contributed by atoms with E-state index in [9.17, 15) is 9.59 Å². The molecule has 4 rings (SSSR count). The van der Waals surface area contributed by atoms with Crippen molar-refractivity contribution in [2.45, 2.75) is 26.4 Å².